The van der Waals surface area contributed by atoms with Crippen LogP contribution in [0, 0.1) is 11.8 Å². The average molecular weight is 278 g/mol. The third kappa shape index (κ3) is 2.95. The molecule has 0 atom stereocenters. The van der Waals surface area contributed by atoms with Gasteiger partial charge in [-0.3, -0.25) is 9.59 Å². The summed E-state index contributed by atoms with van der Waals surface area (Å²) in [5, 5.41) is 10.6. The van der Waals surface area contributed by atoms with Gasteiger partial charge in [0, 0.05) is 30.6 Å². The van der Waals surface area contributed by atoms with Gasteiger partial charge in [0.2, 0.25) is 0 Å². The van der Waals surface area contributed by atoms with Crippen molar-refractivity contribution in [1.82, 2.24) is 9.80 Å². The largest absolute Gasteiger partial charge is 0.384 e. The lowest BCUT2D eigenvalue weighted by Gasteiger charge is -2.31. The average Bonchev–Trinajstić information content (AvgIpc) is 2.84. The number of rotatable bonds is 2. The van der Waals surface area contributed by atoms with Crippen molar-refractivity contribution in [2.75, 3.05) is 26.7 Å². The maximum atomic E-state index is 11.9. The maximum Gasteiger partial charge on any atom is 0.312 e. The fourth-order valence-corrected chi connectivity index (χ4v) is 2.65. The van der Waals surface area contributed by atoms with E-state index in [-0.39, 0.29) is 6.61 Å². The Balaban J connectivity index is 2.11. The van der Waals surface area contributed by atoms with Crippen molar-refractivity contribution < 1.29 is 14.7 Å². The molecule has 1 saturated heterocycles. The lowest BCUT2D eigenvalue weighted by Crippen LogP contribution is -2.52. The number of likely N-dealkylation sites (N-methyl/N-ethyl adjacent to an activating group) is 1. The van der Waals surface area contributed by atoms with Gasteiger partial charge in [0.05, 0.1) is 6.54 Å². The van der Waals surface area contributed by atoms with Crippen molar-refractivity contribution in [3.05, 3.63) is 21.9 Å². The summed E-state index contributed by atoms with van der Waals surface area (Å²) in [6, 6.07) is 1.85. The van der Waals surface area contributed by atoms with E-state index in [2.05, 4.69) is 11.8 Å². The molecular weight excluding hydrogens is 264 g/mol. The molecule has 1 aliphatic heterocycles. The Morgan fingerprint density at radius 3 is 2.89 bits per heavy atom. The van der Waals surface area contributed by atoms with Gasteiger partial charge in [0.1, 0.15) is 6.61 Å². The Kier molecular flexibility index (Phi) is 4.20. The first-order valence-electron chi connectivity index (χ1n) is 5.84. The molecule has 2 amide bonds. The summed E-state index contributed by atoms with van der Waals surface area (Å²) in [4.78, 5) is 27.4. The SMILES string of the molecule is CN1CCN(Cc2sccc2C#CCO)C(=O)C1=O. The number of thiophene rings is 1. The minimum absolute atomic E-state index is 0.193. The topological polar surface area (TPSA) is 60.9 Å². The molecule has 0 aliphatic carbocycles. The summed E-state index contributed by atoms with van der Waals surface area (Å²) in [5.41, 5.74) is 0.804. The second kappa shape index (κ2) is 5.87. The summed E-state index contributed by atoms with van der Waals surface area (Å²) in [5.74, 6) is 4.50. The number of carbonyl (C=O) groups excluding carboxylic acids is 2. The second-order valence-corrected chi connectivity index (χ2v) is 5.17. The van der Waals surface area contributed by atoms with Gasteiger partial charge in [-0.05, 0) is 11.4 Å². The molecule has 0 spiro atoms. The molecule has 0 radical (unpaired) electrons. The van der Waals surface area contributed by atoms with E-state index in [0.717, 1.165) is 10.4 Å². The quantitative estimate of drug-likeness (QED) is 0.607. The molecule has 1 N–H and O–H groups in total. The molecule has 100 valence electrons. The van der Waals surface area contributed by atoms with Crippen molar-refractivity contribution in [2.45, 2.75) is 6.54 Å². The highest BCUT2D eigenvalue weighted by molar-refractivity contribution is 7.10. The summed E-state index contributed by atoms with van der Waals surface area (Å²) in [6.45, 7) is 1.28. The lowest BCUT2D eigenvalue weighted by molar-refractivity contribution is -0.155. The number of aliphatic hydroxyl groups is 1. The molecule has 0 aromatic carbocycles. The fraction of sp³-hybridized carbons (Fsp3) is 0.385. The van der Waals surface area contributed by atoms with Crippen LogP contribution < -0.4 is 0 Å². The van der Waals surface area contributed by atoms with Gasteiger partial charge < -0.3 is 14.9 Å². The Labute approximate surface area is 115 Å². The standard InChI is InChI=1S/C13H14N2O3S/c1-14-5-6-15(13(18)12(14)17)9-11-10(3-2-7-16)4-8-19-11/h4,8,16H,5-7,9H2,1H3. The molecule has 6 heteroatoms. The van der Waals surface area contributed by atoms with Crippen LogP contribution >= 0.6 is 11.3 Å². The van der Waals surface area contributed by atoms with Gasteiger partial charge in [-0.1, -0.05) is 11.8 Å². The summed E-state index contributed by atoms with van der Waals surface area (Å²) < 4.78 is 0. The van der Waals surface area contributed by atoms with E-state index >= 15 is 0 Å². The van der Waals surface area contributed by atoms with Crippen LogP contribution in [0.15, 0.2) is 11.4 Å². The minimum Gasteiger partial charge on any atom is -0.384 e. The van der Waals surface area contributed by atoms with E-state index in [0.29, 0.717) is 19.6 Å². The first-order chi connectivity index (χ1) is 9.13. The first kappa shape index (κ1) is 13.6. The minimum atomic E-state index is -0.469. The van der Waals surface area contributed by atoms with Crippen LogP contribution in [0.5, 0.6) is 0 Å². The molecule has 1 aromatic heterocycles. The molecule has 2 heterocycles. The number of aliphatic hydroxyl groups excluding tert-OH is 1. The highest BCUT2D eigenvalue weighted by atomic mass is 32.1. The zero-order valence-corrected chi connectivity index (χ0v) is 11.4. The van der Waals surface area contributed by atoms with Crippen LogP contribution in [-0.2, 0) is 16.1 Å². The highest BCUT2D eigenvalue weighted by Crippen LogP contribution is 2.19. The molecule has 19 heavy (non-hydrogen) atoms. The van der Waals surface area contributed by atoms with E-state index in [1.807, 2.05) is 11.4 Å². The van der Waals surface area contributed by atoms with E-state index in [1.165, 1.54) is 21.1 Å². The number of nitrogens with zero attached hydrogens (tertiary/aromatic N) is 2. The van der Waals surface area contributed by atoms with Crippen LogP contribution in [0.25, 0.3) is 0 Å². The smallest absolute Gasteiger partial charge is 0.312 e. The van der Waals surface area contributed by atoms with Crippen LogP contribution in [0.4, 0.5) is 0 Å². The third-order valence-corrected chi connectivity index (χ3v) is 3.81. The van der Waals surface area contributed by atoms with Crippen molar-refractivity contribution in [3.8, 4) is 11.8 Å². The number of carbonyl (C=O) groups is 2. The van der Waals surface area contributed by atoms with Crippen molar-refractivity contribution >= 4 is 23.2 Å². The van der Waals surface area contributed by atoms with Gasteiger partial charge in [-0.15, -0.1) is 11.3 Å². The van der Waals surface area contributed by atoms with E-state index < -0.39 is 11.8 Å². The van der Waals surface area contributed by atoms with E-state index in [9.17, 15) is 9.59 Å². The normalized spacial score (nSPS) is 15.5. The zero-order valence-electron chi connectivity index (χ0n) is 10.5. The molecule has 1 fully saturated rings. The van der Waals surface area contributed by atoms with Crippen molar-refractivity contribution in [1.29, 1.82) is 0 Å². The predicted molar refractivity (Wildman–Crippen MR) is 71.3 cm³/mol. The number of amides is 2. The predicted octanol–water partition coefficient (Wildman–Crippen LogP) is -0.108. The van der Waals surface area contributed by atoms with Gasteiger partial charge in [-0.2, -0.15) is 0 Å². The maximum absolute atomic E-state index is 11.9. The molecule has 0 saturated carbocycles. The summed E-state index contributed by atoms with van der Waals surface area (Å²) in [6.07, 6.45) is 0. The van der Waals surface area contributed by atoms with Crippen LogP contribution in [-0.4, -0.2) is 53.5 Å². The first-order valence-corrected chi connectivity index (χ1v) is 6.72. The Bertz CT molecular complexity index is 556. The Morgan fingerprint density at radius 2 is 2.16 bits per heavy atom. The molecular formula is C13H14N2O3S. The van der Waals surface area contributed by atoms with Crippen LogP contribution in [0.2, 0.25) is 0 Å². The molecule has 5 nitrogen and oxygen atoms in total. The molecule has 2 rings (SSSR count). The van der Waals surface area contributed by atoms with E-state index in [4.69, 9.17) is 5.11 Å². The van der Waals surface area contributed by atoms with Gasteiger partial charge in [-0.25, -0.2) is 0 Å². The second-order valence-electron chi connectivity index (χ2n) is 4.17. The molecule has 1 aliphatic rings. The van der Waals surface area contributed by atoms with Crippen molar-refractivity contribution in [3.63, 3.8) is 0 Å². The van der Waals surface area contributed by atoms with E-state index in [1.54, 1.807) is 7.05 Å². The summed E-state index contributed by atoms with van der Waals surface area (Å²) >= 11 is 1.49. The van der Waals surface area contributed by atoms with Gasteiger partial charge in [0.25, 0.3) is 0 Å². The zero-order chi connectivity index (χ0) is 13.8. The summed E-state index contributed by atoms with van der Waals surface area (Å²) in [7, 11) is 1.63. The molecule has 0 bridgehead atoms. The van der Waals surface area contributed by atoms with Crippen LogP contribution in [0.3, 0.4) is 0 Å². The monoisotopic (exact) mass is 278 g/mol. The Morgan fingerprint density at radius 1 is 1.37 bits per heavy atom. The third-order valence-electron chi connectivity index (χ3n) is 2.90. The highest BCUT2D eigenvalue weighted by Gasteiger charge is 2.30. The van der Waals surface area contributed by atoms with Gasteiger partial charge >= 0.3 is 11.8 Å². The number of hydrogen-bond donors (Lipinski definition) is 1. The van der Waals surface area contributed by atoms with Crippen LogP contribution in [0.1, 0.15) is 10.4 Å². The fourth-order valence-electron chi connectivity index (χ4n) is 1.81. The molecule has 1 aromatic rings. The molecule has 0 unspecified atom stereocenters. The number of hydrogen-bond acceptors (Lipinski definition) is 4. The van der Waals surface area contributed by atoms with Crippen molar-refractivity contribution in [2.24, 2.45) is 0 Å². The Hall–Kier alpha value is -1.84. The lowest BCUT2D eigenvalue weighted by atomic mass is 10.2. The van der Waals surface area contributed by atoms with Gasteiger partial charge in [0.15, 0.2) is 0 Å². The number of piperazine rings is 1.